The maximum atomic E-state index is 12.0. The van der Waals surface area contributed by atoms with Crippen LogP contribution in [0.1, 0.15) is 22.3 Å². The number of nitrogens with zero attached hydrogens (tertiary/aromatic N) is 1. The number of hydrogen-bond acceptors (Lipinski definition) is 3. The molecule has 1 fully saturated rings. The summed E-state index contributed by atoms with van der Waals surface area (Å²) in [6.45, 7) is 6.13. The fourth-order valence-corrected chi connectivity index (χ4v) is 2.37. The van der Waals surface area contributed by atoms with Crippen LogP contribution in [0.5, 0.6) is 0 Å². The number of aryl methyl sites for hydroxylation is 1. The van der Waals surface area contributed by atoms with Gasteiger partial charge in [-0.1, -0.05) is 18.2 Å². The van der Waals surface area contributed by atoms with E-state index in [0.29, 0.717) is 24.2 Å². The van der Waals surface area contributed by atoms with Crippen molar-refractivity contribution in [1.29, 1.82) is 0 Å². The van der Waals surface area contributed by atoms with Crippen molar-refractivity contribution in [2.24, 2.45) is 5.92 Å². The zero-order chi connectivity index (χ0) is 14.0. The predicted molar refractivity (Wildman–Crippen MR) is 73.2 cm³/mol. The molecule has 0 bridgehead atoms. The highest BCUT2D eigenvalue weighted by atomic mass is 16.5. The molecule has 0 saturated carbocycles. The molecule has 0 radical (unpaired) electrons. The molecule has 2 rings (SSSR count). The molecule has 0 N–H and O–H groups in total. The number of amides is 1. The zero-order valence-electron chi connectivity index (χ0n) is 11.2. The first-order valence-corrected chi connectivity index (χ1v) is 6.19. The highest BCUT2D eigenvalue weighted by Crippen LogP contribution is 2.30. The van der Waals surface area contributed by atoms with Crippen molar-refractivity contribution < 1.29 is 14.3 Å². The molecule has 1 heterocycles. The van der Waals surface area contributed by atoms with E-state index in [2.05, 4.69) is 6.58 Å². The van der Waals surface area contributed by atoms with Gasteiger partial charge in [0.1, 0.15) is 0 Å². The van der Waals surface area contributed by atoms with Crippen molar-refractivity contribution in [3.05, 3.63) is 42.0 Å². The van der Waals surface area contributed by atoms with Gasteiger partial charge in [0, 0.05) is 18.9 Å². The lowest BCUT2D eigenvalue weighted by atomic mass is 10.1. The number of carbonyl (C=O) groups is 2. The maximum absolute atomic E-state index is 12.0. The van der Waals surface area contributed by atoms with Crippen LogP contribution in [0.2, 0.25) is 0 Å². The summed E-state index contributed by atoms with van der Waals surface area (Å²) in [4.78, 5) is 25.6. The molecule has 1 aromatic rings. The molecule has 19 heavy (non-hydrogen) atoms. The third-order valence-corrected chi connectivity index (χ3v) is 3.42. The second kappa shape index (κ2) is 5.26. The van der Waals surface area contributed by atoms with Crippen LogP contribution in [-0.2, 0) is 9.53 Å². The Balaban J connectivity index is 2.45. The quantitative estimate of drug-likeness (QED) is 0.618. The van der Waals surface area contributed by atoms with Crippen LogP contribution < -0.4 is 4.90 Å². The van der Waals surface area contributed by atoms with Gasteiger partial charge in [-0.3, -0.25) is 4.79 Å². The monoisotopic (exact) mass is 259 g/mol. The molecule has 0 spiro atoms. The first kappa shape index (κ1) is 13.3. The highest BCUT2D eigenvalue weighted by molar-refractivity contribution is 6.04. The summed E-state index contributed by atoms with van der Waals surface area (Å²) >= 11 is 0. The van der Waals surface area contributed by atoms with Crippen LogP contribution in [-0.4, -0.2) is 25.5 Å². The van der Waals surface area contributed by atoms with Gasteiger partial charge in [-0.25, -0.2) is 4.79 Å². The first-order chi connectivity index (χ1) is 9.08. The van der Waals surface area contributed by atoms with Gasteiger partial charge in [-0.05, 0) is 18.6 Å². The first-order valence-electron chi connectivity index (χ1n) is 6.19. The number of rotatable bonds is 3. The number of hydrogen-bond donors (Lipinski definition) is 0. The van der Waals surface area contributed by atoms with E-state index in [1.54, 1.807) is 17.0 Å². The minimum absolute atomic E-state index is 0.0145. The van der Waals surface area contributed by atoms with Gasteiger partial charge >= 0.3 is 5.97 Å². The van der Waals surface area contributed by atoms with E-state index < -0.39 is 5.97 Å². The summed E-state index contributed by atoms with van der Waals surface area (Å²) < 4.78 is 4.81. The lowest BCUT2D eigenvalue weighted by Gasteiger charge is -2.20. The zero-order valence-corrected chi connectivity index (χ0v) is 11.2. The summed E-state index contributed by atoms with van der Waals surface area (Å²) in [5.74, 6) is -0.262. The van der Waals surface area contributed by atoms with E-state index in [-0.39, 0.29) is 11.8 Å². The normalized spacial score (nSPS) is 18.5. The van der Waals surface area contributed by atoms with Crippen molar-refractivity contribution in [2.45, 2.75) is 13.3 Å². The molecule has 4 nitrogen and oxygen atoms in total. The third-order valence-electron chi connectivity index (χ3n) is 3.42. The Kier molecular flexibility index (Phi) is 3.69. The minimum Gasteiger partial charge on any atom is -0.465 e. The van der Waals surface area contributed by atoms with E-state index in [9.17, 15) is 9.59 Å². The van der Waals surface area contributed by atoms with Crippen molar-refractivity contribution in [1.82, 2.24) is 0 Å². The lowest BCUT2D eigenvalue weighted by Crippen LogP contribution is -2.27. The van der Waals surface area contributed by atoms with Gasteiger partial charge in [0.2, 0.25) is 5.91 Å². The van der Waals surface area contributed by atoms with E-state index in [0.717, 1.165) is 5.56 Å². The number of methoxy groups -OCH3 is 1. The van der Waals surface area contributed by atoms with Gasteiger partial charge in [-0.15, -0.1) is 6.58 Å². The van der Waals surface area contributed by atoms with Crippen LogP contribution in [0.15, 0.2) is 30.9 Å². The van der Waals surface area contributed by atoms with Gasteiger partial charge in [0.25, 0.3) is 0 Å². The van der Waals surface area contributed by atoms with Crippen LogP contribution in [0, 0.1) is 12.8 Å². The Morgan fingerprint density at radius 1 is 1.53 bits per heavy atom. The Bertz CT molecular complexity index is 536. The lowest BCUT2D eigenvalue weighted by molar-refractivity contribution is -0.117. The molecule has 1 saturated heterocycles. The summed E-state index contributed by atoms with van der Waals surface area (Å²) in [7, 11) is 1.34. The molecule has 1 atom stereocenters. The number of anilines is 1. The smallest absolute Gasteiger partial charge is 0.340 e. The van der Waals surface area contributed by atoms with Crippen LogP contribution >= 0.6 is 0 Å². The van der Waals surface area contributed by atoms with Gasteiger partial charge in [-0.2, -0.15) is 0 Å². The van der Waals surface area contributed by atoms with E-state index >= 15 is 0 Å². The summed E-state index contributed by atoms with van der Waals surface area (Å²) in [6, 6.07) is 5.45. The summed E-state index contributed by atoms with van der Waals surface area (Å²) in [5, 5.41) is 0. The largest absolute Gasteiger partial charge is 0.465 e. The maximum Gasteiger partial charge on any atom is 0.340 e. The molecule has 0 aromatic heterocycles. The SMILES string of the molecule is C=CC1CC(=O)N(c2cccc(C)c2C(=O)OC)C1. The standard InChI is InChI=1S/C15H17NO3/c1-4-11-8-13(17)16(9-11)12-7-5-6-10(2)14(12)15(18)19-3/h4-7,11H,1,8-9H2,2-3H3. The summed E-state index contributed by atoms with van der Waals surface area (Å²) in [5.41, 5.74) is 1.89. The number of carbonyl (C=O) groups excluding carboxylic acids is 2. The van der Waals surface area contributed by atoms with Crippen LogP contribution in [0.4, 0.5) is 5.69 Å². The molecular formula is C15H17NO3. The van der Waals surface area contributed by atoms with Crippen molar-refractivity contribution >= 4 is 17.6 Å². The Morgan fingerprint density at radius 2 is 2.26 bits per heavy atom. The van der Waals surface area contributed by atoms with Crippen molar-refractivity contribution in [3.63, 3.8) is 0 Å². The minimum atomic E-state index is -0.414. The fraction of sp³-hybridized carbons (Fsp3) is 0.333. The molecule has 1 aliphatic heterocycles. The highest BCUT2D eigenvalue weighted by Gasteiger charge is 2.31. The van der Waals surface area contributed by atoms with Gasteiger partial charge < -0.3 is 9.64 Å². The summed E-state index contributed by atoms with van der Waals surface area (Å²) in [6.07, 6.45) is 2.23. The fourth-order valence-electron chi connectivity index (χ4n) is 2.37. The van der Waals surface area contributed by atoms with Crippen LogP contribution in [0.25, 0.3) is 0 Å². The van der Waals surface area contributed by atoms with Gasteiger partial charge in [0.15, 0.2) is 0 Å². The van der Waals surface area contributed by atoms with E-state index in [4.69, 9.17) is 4.74 Å². The van der Waals surface area contributed by atoms with E-state index in [1.807, 2.05) is 19.1 Å². The topological polar surface area (TPSA) is 46.6 Å². The predicted octanol–water partition coefficient (Wildman–Crippen LogP) is 2.32. The molecule has 1 unspecified atom stereocenters. The average molecular weight is 259 g/mol. The van der Waals surface area contributed by atoms with Crippen molar-refractivity contribution in [2.75, 3.05) is 18.6 Å². The molecule has 0 aliphatic carbocycles. The molecule has 1 aromatic carbocycles. The van der Waals surface area contributed by atoms with Crippen LogP contribution in [0.3, 0.4) is 0 Å². The van der Waals surface area contributed by atoms with E-state index in [1.165, 1.54) is 7.11 Å². The molecule has 100 valence electrons. The number of esters is 1. The molecular weight excluding hydrogens is 242 g/mol. The third kappa shape index (κ3) is 2.38. The number of ether oxygens (including phenoxy) is 1. The molecule has 1 aliphatic rings. The van der Waals surface area contributed by atoms with Gasteiger partial charge in [0.05, 0.1) is 18.4 Å². The van der Waals surface area contributed by atoms with Crippen molar-refractivity contribution in [3.8, 4) is 0 Å². The average Bonchev–Trinajstić information content (AvgIpc) is 2.79. The second-order valence-electron chi connectivity index (χ2n) is 4.66. The second-order valence-corrected chi connectivity index (χ2v) is 4.66. The Labute approximate surface area is 112 Å². The molecule has 4 heteroatoms. The molecule has 1 amide bonds. The Hall–Kier alpha value is -2.10. The Morgan fingerprint density at radius 3 is 2.84 bits per heavy atom. The number of benzene rings is 1.